The molecule has 0 spiro atoms. The van der Waals surface area contributed by atoms with Crippen LogP contribution in [0.4, 0.5) is 0 Å². The van der Waals surface area contributed by atoms with E-state index in [0.717, 1.165) is 38.5 Å². The van der Waals surface area contributed by atoms with E-state index in [0.29, 0.717) is 12.8 Å². The normalized spacial score (nSPS) is 11.2. The van der Waals surface area contributed by atoms with Crippen molar-refractivity contribution in [1.29, 1.82) is 26.3 Å². The fourth-order valence-corrected chi connectivity index (χ4v) is 2.19. The van der Waals surface area contributed by atoms with Gasteiger partial charge in [0.2, 0.25) is 0 Å². The van der Waals surface area contributed by atoms with E-state index < -0.39 is 11.3 Å². The van der Waals surface area contributed by atoms with Crippen LogP contribution in [0.5, 0.6) is 0 Å². The van der Waals surface area contributed by atoms with Crippen LogP contribution in [0.15, 0.2) is 0 Å². The van der Waals surface area contributed by atoms with Gasteiger partial charge in [0, 0.05) is 6.42 Å². The third kappa shape index (κ3) is 6.43. The number of nitriles is 5. The minimum Gasteiger partial charge on any atom is -0.198 e. The predicted octanol–water partition coefficient (Wildman–Crippen LogP) is 3.72. The summed E-state index contributed by atoms with van der Waals surface area (Å²) >= 11 is 0. The monoisotopic (exact) mass is 281 g/mol. The Hall–Kier alpha value is -2.55. The molecule has 0 fully saturated rings. The van der Waals surface area contributed by atoms with Crippen LogP contribution in [-0.2, 0) is 0 Å². The number of nitrogens with zero attached hydrogens (tertiary/aromatic N) is 5. The molecule has 0 bridgehead atoms. The van der Waals surface area contributed by atoms with E-state index in [9.17, 15) is 0 Å². The molecule has 1 atom stereocenters. The Kier molecular flexibility index (Phi) is 9.92. The molecule has 0 aliphatic carbocycles. The highest BCUT2D eigenvalue weighted by Crippen LogP contribution is 2.33. The van der Waals surface area contributed by atoms with Crippen LogP contribution in [0, 0.1) is 68.0 Å². The van der Waals surface area contributed by atoms with Crippen molar-refractivity contribution in [1.82, 2.24) is 0 Å². The first kappa shape index (κ1) is 18.4. The topological polar surface area (TPSA) is 119 Å². The van der Waals surface area contributed by atoms with Gasteiger partial charge in [-0.2, -0.15) is 26.3 Å². The molecule has 0 aliphatic rings. The molecule has 0 aromatic carbocycles. The van der Waals surface area contributed by atoms with Gasteiger partial charge >= 0.3 is 0 Å². The summed E-state index contributed by atoms with van der Waals surface area (Å²) in [5, 5.41) is 44.6. The molecule has 0 radical (unpaired) electrons. The van der Waals surface area contributed by atoms with Gasteiger partial charge in [0.1, 0.15) is 0 Å². The predicted molar refractivity (Wildman–Crippen MR) is 75.5 cm³/mol. The van der Waals surface area contributed by atoms with Crippen LogP contribution < -0.4 is 0 Å². The Morgan fingerprint density at radius 3 is 1.76 bits per heavy atom. The molecular weight excluding hydrogens is 262 g/mol. The summed E-state index contributed by atoms with van der Waals surface area (Å²) in [6.07, 6.45) is 6.57. The lowest BCUT2D eigenvalue weighted by Crippen LogP contribution is -2.26. The van der Waals surface area contributed by atoms with Crippen LogP contribution in [-0.4, -0.2) is 0 Å². The average molecular weight is 281 g/mol. The van der Waals surface area contributed by atoms with E-state index in [1.165, 1.54) is 0 Å². The van der Waals surface area contributed by atoms with Gasteiger partial charge in [-0.15, -0.1) is 0 Å². The first-order chi connectivity index (χ1) is 10.2. The van der Waals surface area contributed by atoms with E-state index in [1.807, 2.05) is 24.3 Å². The number of unbranched alkanes of at least 4 members (excludes halogenated alkanes) is 6. The van der Waals surface area contributed by atoms with Crippen molar-refractivity contribution in [3.8, 4) is 30.3 Å². The van der Waals surface area contributed by atoms with Gasteiger partial charge in [-0.25, -0.2) is 0 Å². The largest absolute Gasteiger partial charge is 0.198 e. The van der Waals surface area contributed by atoms with E-state index in [-0.39, 0.29) is 6.42 Å². The first-order valence-electron chi connectivity index (χ1n) is 7.16. The minimum absolute atomic E-state index is 0.230. The Balaban J connectivity index is 4.16. The maximum atomic E-state index is 9.16. The third-order valence-electron chi connectivity index (χ3n) is 3.54. The smallest absolute Gasteiger partial charge is 0.172 e. The van der Waals surface area contributed by atoms with Crippen molar-refractivity contribution in [2.75, 3.05) is 0 Å². The SMILES string of the molecule is N#CCCCCCCCCC(C#N)C(C#N)(C#N)CC#N. The summed E-state index contributed by atoms with van der Waals surface area (Å²) in [5.41, 5.74) is -1.50. The molecule has 21 heavy (non-hydrogen) atoms. The Morgan fingerprint density at radius 1 is 0.714 bits per heavy atom. The van der Waals surface area contributed by atoms with Crippen LogP contribution in [0.2, 0.25) is 0 Å². The number of hydrogen-bond donors (Lipinski definition) is 0. The highest BCUT2D eigenvalue weighted by Gasteiger charge is 2.39. The van der Waals surface area contributed by atoms with Gasteiger partial charge in [0.05, 0.1) is 42.7 Å². The Bertz CT molecular complexity index is 489. The van der Waals surface area contributed by atoms with Crippen LogP contribution in [0.25, 0.3) is 0 Å². The average Bonchev–Trinajstić information content (AvgIpc) is 2.52. The highest BCUT2D eigenvalue weighted by atomic mass is 14.5. The highest BCUT2D eigenvalue weighted by molar-refractivity contribution is 5.23. The number of rotatable bonds is 10. The fraction of sp³-hybridized carbons (Fsp3) is 0.688. The molecule has 0 heterocycles. The fourth-order valence-electron chi connectivity index (χ4n) is 2.19. The molecule has 5 nitrogen and oxygen atoms in total. The molecule has 0 amide bonds. The van der Waals surface area contributed by atoms with E-state index in [4.69, 9.17) is 26.3 Å². The quantitative estimate of drug-likeness (QED) is 0.565. The third-order valence-corrected chi connectivity index (χ3v) is 3.54. The zero-order valence-electron chi connectivity index (χ0n) is 12.2. The maximum Gasteiger partial charge on any atom is 0.172 e. The van der Waals surface area contributed by atoms with Crippen molar-refractivity contribution in [2.45, 2.75) is 57.8 Å². The van der Waals surface area contributed by atoms with Gasteiger partial charge in [-0.05, 0) is 12.8 Å². The molecule has 108 valence electrons. The van der Waals surface area contributed by atoms with Crippen LogP contribution in [0.3, 0.4) is 0 Å². The van der Waals surface area contributed by atoms with Crippen LogP contribution in [0.1, 0.15) is 57.8 Å². The molecule has 0 saturated carbocycles. The van der Waals surface area contributed by atoms with Gasteiger partial charge in [0.25, 0.3) is 0 Å². The Labute approximate surface area is 126 Å². The lowest BCUT2D eigenvalue weighted by molar-refractivity contribution is 0.360. The summed E-state index contributed by atoms with van der Waals surface area (Å²) in [6.45, 7) is 0. The van der Waals surface area contributed by atoms with E-state index >= 15 is 0 Å². The van der Waals surface area contributed by atoms with Crippen molar-refractivity contribution in [2.24, 2.45) is 11.3 Å². The molecule has 0 saturated heterocycles. The van der Waals surface area contributed by atoms with Gasteiger partial charge in [-0.1, -0.05) is 32.1 Å². The molecule has 0 rings (SSSR count). The summed E-state index contributed by atoms with van der Waals surface area (Å²) < 4.78 is 0. The summed E-state index contributed by atoms with van der Waals surface area (Å²) in [4.78, 5) is 0. The van der Waals surface area contributed by atoms with Gasteiger partial charge < -0.3 is 0 Å². The molecule has 0 aliphatic heterocycles. The molecule has 1 unspecified atom stereocenters. The standard InChI is InChI=1S/C16H19N5/c17-10-7-5-3-1-2-4-6-8-15(12-19)16(13-20,14-21)9-11-18/h15H,1-9H2. The van der Waals surface area contributed by atoms with Gasteiger partial charge in [0.15, 0.2) is 5.41 Å². The minimum atomic E-state index is -1.50. The summed E-state index contributed by atoms with van der Waals surface area (Å²) in [6, 6.07) is 9.67. The molecular formula is C16H19N5. The zero-order chi connectivity index (χ0) is 16.0. The van der Waals surface area contributed by atoms with E-state index in [2.05, 4.69) is 6.07 Å². The second kappa shape index (κ2) is 11.3. The lowest BCUT2D eigenvalue weighted by Gasteiger charge is -2.20. The molecule has 0 aromatic heterocycles. The maximum absolute atomic E-state index is 9.16. The molecule has 5 heteroatoms. The van der Waals surface area contributed by atoms with Crippen LogP contribution >= 0.6 is 0 Å². The van der Waals surface area contributed by atoms with Crippen molar-refractivity contribution in [3.63, 3.8) is 0 Å². The summed E-state index contributed by atoms with van der Waals surface area (Å²) in [7, 11) is 0. The van der Waals surface area contributed by atoms with Crippen molar-refractivity contribution in [3.05, 3.63) is 0 Å². The van der Waals surface area contributed by atoms with Gasteiger partial charge in [-0.3, -0.25) is 0 Å². The Morgan fingerprint density at radius 2 is 1.29 bits per heavy atom. The second-order valence-electron chi connectivity index (χ2n) is 5.03. The lowest BCUT2D eigenvalue weighted by atomic mass is 9.74. The zero-order valence-corrected chi connectivity index (χ0v) is 12.2. The second-order valence-corrected chi connectivity index (χ2v) is 5.03. The van der Waals surface area contributed by atoms with Crippen molar-refractivity contribution < 1.29 is 0 Å². The summed E-state index contributed by atoms with van der Waals surface area (Å²) in [5.74, 6) is -0.717. The first-order valence-corrected chi connectivity index (χ1v) is 7.16. The molecule has 0 N–H and O–H groups in total. The van der Waals surface area contributed by atoms with Crippen molar-refractivity contribution >= 4 is 0 Å². The number of hydrogen-bond acceptors (Lipinski definition) is 5. The molecule has 0 aromatic rings. The van der Waals surface area contributed by atoms with E-state index in [1.54, 1.807) is 0 Å².